The summed E-state index contributed by atoms with van der Waals surface area (Å²) in [5, 5.41) is 10.8. The van der Waals surface area contributed by atoms with Gasteiger partial charge in [0, 0.05) is 11.3 Å². The molecule has 1 N–H and O–H groups in total. The van der Waals surface area contributed by atoms with E-state index in [9.17, 15) is 23.5 Å². The predicted octanol–water partition coefficient (Wildman–Crippen LogP) is 4.59. The van der Waals surface area contributed by atoms with Gasteiger partial charge in [-0.15, -0.1) is 0 Å². The van der Waals surface area contributed by atoms with E-state index in [0.29, 0.717) is 11.3 Å². The molecule has 1 heterocycles. The summed E-state index contributed by atoms with van der Waals surface area (Å²) in [5.74, 6) is -3.23. The number of rotatable bonds is 3. The van der Waals surface area contributed by atoms with Gasteiger partial charge in [-0.05, 0) is 54.1 Å². The topological polar surface area (TPSA) is 57.6 Å². The number of hydrogen-bond acceptors (Lipinski definition) is 3. The third kappa shape index (κ3) is 3.29. The Balaban J connectivity index is 1.95. The number of aliphatic hydroxyl groups excluding tert-OH is 1. The number of aliphatic hydroxyl groups is 1. The molecule has 0 aliphatic carbocycles. The van der Waals surface area contributed by atoms with Gasteiger partial charge in [0.15, 0.2) is 0 Å². The van der Waals surface area contributed by atoms with Crippen molar-refractivity contribution in [1.82, 2.24) is 0 Å². The normalized spacial score (nSPS) is 18.3. The van der Waals surface area contributed by atoms with Crippen molar-refractivity contribution in [2.24, 2.45) is 0 Å². The second-order valence-electron chi connectivity index (χ2n) is 6.57. The van der Waals surface area contributed by atoms with Crippen LogP contribution in [0.2, 0.25) is 0 Å². The number of hydrogen-bond donors (Lipinski definition) is 1. The predicted molar refractivity (Wildman–Crippen MR) is 104 cm³/mol. The lowest BCUT2D eigenvalue weighted by molar-refractivity contribution is -0.132. The van der Waals surface area contributed by atoms with Crippen molar-refractivity contribution in [3.8, 4) is 0 Å². The highest BCUT2D eigenvalue weighted by molar-refractivity contribution is 6.51. The van der Waals surface area contributed by atoms with Crippen molar-refractivity contribution < 1.29 is 23.5 Å². The standard InChI is InChI=1S/C23H15F2NO3/c24-16-11-9-14(10-12-16)21(27)19-20(15-5-4-6-17(25)13-15)26(23(29)22(19)28)18-7-2-1-3-8-18/h1-13,20,27H/t20-/m0/s1. The number of Topliss-reactive ketones (excluding diaryl/α,β-unsaturated/α-hetero) is 1. The average molecular weight is 391 g/mol. The van der Waals surface area contributed by atoms with Gasteiger partial charge in [0.25, 0.3) is 11.7 Å². The van der Waals surface area contributed by atoms with Gasteiger partial charge in [0.05, 0.1) is 11.6 Å². The van der Waals surface area contributed by atoms with Crippen LogP contribution in [0.25, 0.3) is 5.76 Å². The van der Waals surface area contributed by atoms with Crippen molar-refractivity contribution in [3.05, 3.63) is 107 Å². The lowest BCUT2D eigenvalue weighted by Gasteiger charge is -2.25. The second-order valence-corrected chi connectivity index (χ2v) is 6.57. The lowest BCUT2D eigenvalue weighted by atomic mass is 9.95. The highest BCUT2D eigenvalue weighted by Gasteiger charge is 2.47. The molecule has 0 saturated carbocycles. The fourth-order valence-electron chi connectivity index (χ4n) is 3.44. The molecule has 0 radical (unpaired) electrons. The summed E-state index contributed by atoms with van der Waals surface area (Å²) in [6, 6.07) is 17.8. The van der Waals surface area contributed by atoms with Gasteiger partial charge in [-0.3, -0.25) is 14.5 Å². The van der Waals surface area contributed by atoms with E-state index in [4.69, 9.17) is 0 Å². The van der Waals surface area contributed by atoms with Gasteiger partial charge in [-0.25, -0.2) is 8.78 Å². The van der Waals surface area contributed by atoms with Crippen LogP contribution in [-0.4, -0.2) is 16.8 Å². The van der Waals surface area contributed by atoms with Gasteiger partial charge >= 0.3 is 0 Å². The van der Waals surface area contributed by atoms with E-state index in [1.807, 2.05) is 0 Å². The van der Waals surface area contributed by atoms with Crippen LogP contribution < -0.4 is 4.90 Å². The Morgan fingerprint density at radius 3 is 2.17 bits per heavy atom. The number of carbonyl (C=O) groups excluding carboxylic acids is 2. The summed E-state index contributed by atoms with van der Waals surface area (Å²) >= 11 is 0. The van der Waals surface area contributed by atoms with Gasteiger partial charge in [0.2, 0.25) is 0 Å². The zero-order chi connectivity index (χ0) is 20.5. The molecular weight excluding hydrogens is 376 g/mol. The maximum Gasteiger partial charge on any atom is 0.300 e. The number of benzene rings is 3. The molecule has 0 spiro atoms. The Labute approximate surface area is 165 Å². The molecule has 0 aromatic heterocycles. The summed E-state index contributed by atoms with van der Waals surface area (Å²) < 4.78 is 27.2. The van der Waals surface area contributed by atoms with Gasteiger partial charge < -0.3 is 5.11 Å². The van der Waals surface area contributed by atoms with Crippen molar-refractivity contribution >= 4 is 23.1 Å². The largest absolute Gasteiger partial charge is 0.507 e. The number of halogens is 2. The number of carbonyl (C=O) groups is 2. The Bertz CT molecular complexity index is 1120. The summed E-state index contributed by atoms with van der Waals surface area (Å²) in [6.45, 7) is 0. The minimum atomic E-state index is -1.03. The molecule has 3 aromatic rings. The highest BCUT2D eigenvalue weighted by atomic mass is 19.1. The van der Waals surface area contributed by atoms with Gasteiger partial charge in [-0.2, -0.15) is 0 Å². The van der Waals surface area contributed by atoms with Crippen molar-refractivity contribution in [1.29, 1.82) is 0 Å². The van der Waals surface area contributed by atoms with Crippen LogP contribution in [0.5, 0.6) is 0 Å². The fourth-order valence-corrected chi connectivity index (χ4v) is 3.44. The molecule has 1 aliphatic heterocycles. The molecule has 1 saturated heterocycles. The zero-order valence-electron chi connectivity index (χ0n) is 15.0. The lowest BCUT2D eigenvalue weighted by Crippen LogP contribution is -2.29. The average Bonchev–Trinajstić information content (AvgIpc) is 2.99. The Morgan fingerprint density at radius 2 is 1.52 bits per heavy atom. The van der Waals surface area contributed by atoms with Crippen LogP contribution in [0.15, 0.2) is 84.4 Å². The minimum Gasteiger partial charge on any atom is -0.507 e. The maximum atomic E-state index is 13.9. The highest BCUT2D eigenvalue weighted by Crippen LogP contribution is 2.42. The van der Waals surface area contributed by atoms with Crippen molar-refractivity contribution in [2.45, 2.75) is 6.04 Å². The van der Waals surface area contributed by atoms with Crippen LogP contribution in [-0.2, 0) is 9.59 Å². The van der Waals surface area contributed by atoms with E-state index in [1.165, 1.54) is 35.2 Å². The van der Waals surface area contributed by atoms with Crippen LogP contribution in [0.1, 0.15) is 17.2 Å². The Kier molecular flexibility index (Phi) is 4.68. The van der Waals surface area contributed by atoms with E-state index < -0.39 is 35.1 Å². The molecule has 1 aliphatic rings. The Hall–Kier alpha value is -3.80. The van der Waals surface area contributed by atoms with Crippen molar-refractivity contribution in [2.75, 3.05) is 4.90 Å². The summed E-state index contributed by atoms with van der Waals surface area (Å²) in [5.41, 5.74) is 0.758. The molecule has 4 nitrogen and oxygen atoms in total. The third-order valence-electron chi connectivity index (χ3n) is 4.76. The minimum absolute atomic E-state index is 0.180. The molecule has 144 valence electrons. The first-order chi connectivity index (χ1) is 14.0. The number of nitrogens with zero attached hydrogens (tertiary/aromatic N) is 1. The summed E-state index contributed by atoms with van der Waals surface area (Å²) in [7, 11) is 0. The number of para-hydroxylation sites is 1. The molecule has 6 heteroatoms. The summed E-state index contributed by atoms with van der Waals surface area (Å²) in [4.78, 5) is 26.9. The molecule has 0 unspecified atom stereocenters. The maximum absolute atomic E-state index is 13.9. The number of ketones is 1. The first-order valence-electron chi connectivity index (χ1n) is 8.85. The van der Waals surface area contributed by atoms with E-state index in [0.717, 1.165) is 12.1 Å². The van der Waals surface area contributed by atoms with Crippen LogP contribution >= 0.6 is 0 Å². The Morgan fingerprint density at radius 1 is 0.828 bits per heavy atom. The first kappa shape index (κ1) is 18.6. The number of anilines is 1. The molecule has 1 amide bonds. The van der Waals surface area contributed by atoms with Crippen LogP contribution in [0, 0.1) is 11.6 Å². The number of amides is 1. The van der Waals surface area contributed by atoms with Gasteiger partial charge in [-0.1, -0.05) is 30.3 Å². The fraction of sp³-hybridized carbons (Fsp3) is 0.0435. The van der Waals surface area contributed by atoms with Crippen molar-refractivity contribution in [3.63, 3.8) is 0 Å². The van der Waals surface area contributed by atoms with Crippen LogP contribution in [0.4, 0.5) is 14.5 Å². The molecule has 1 atom stereocenters. The van der Waals surface area contributed by atoms with E-state index in [2.05, 4.69) is 0 Å². The molecule has 3 aromatic carbocycles. The summed E-state index contributed by atoms with van der Waals surface area (Å²) in [6.07, 6.45) is 0. The quantitative estimate of drug-likeness (QED) is 0.404. The second kappa shape index (κ2) is 7.31. The third-order valence-corrected chi connectivity index (χ3v) is 4.76. The van der Waals surface area contributed by atoms with Crippen LogP contribution in [0.3, 0.4) is 0 Å². The zero-order valence-corrected chi connectivity index (χ0v) is 15.0. The molecule has 0 bridgehead atoms. The molecule has 29 heavy (non-hydrogen) atoms. The van der Waals surface area contributed by atoms with Gasteiger partial charge in [0.1, 0.15) is 17.4 Å². The smallest absolute Gasteiger partial charge is 0.300 e. The van der Waals surface area contributed by atoms with E-state index in [1.54, 1.807) is 36.4 Å². The SMILES string of the molecule is O=C1C(=O)N(c2ccccc2)[C@@H](c2cccc(F)c2)C1=C(O)c1ccc(F)cc1. The first-order valence-corrected chi connectivity index (χ1v) is 8.85. The van der Waals surface area contributed by atoms with E-state index in [-0.39, 0.29) is 11.1 Å². The monoisotopic (exact) mass is 391 g/mol. The van der Waals surface area contributed by atoms with E-state index >= 15 is 0 Å². The molecule has 4 rings (SSSR count). The molecule has 1 fully saturated rings. The molecular formula is C23H15F2NO3.